The van der Waals surface area contributed by atoms with E-state index >= 15 is 0 Å². The summed E-state index contributed by atoms with van der Waals surface area (Å²) >= 11 is 0. The standard InChI is InChI=1S/C15H21NO/c1-14(2,3)11-5-6-12-13(9-11)17-15(10-16-12)7-4-8-15/h5-6,9,16H,4,7-8,10H2,1-3H3. The summed E-state index contributed by atoms with van der Waals surface area (Å²) in [6, 6.07) is 6.57. The molecule has 0 atom stereocenters. The fraction of sp³-hybridized carbons (Fsp3) is 0.600. The second-order valence-corrected chi connectivity index (χ2v) is 6.45. The molecule has 1 aliphatic carbocycles. The molecule has 3 rings (SSSR count). The average molecular weight is 231 g/mol. The van der Waals surface area contributed by atoms with Crippen LogP contribution in [0.1, 0.15) is 45.6 Å². The number of nitrogens with one attached hydrogen (secondary N) is 1. The Balaban J connectivity index is 1.94. The molecule has 0 bridgehead atoms. The minimum atomic E-state index is 0.101. The Morgan fingerprint density at radius 1 is 1.24 bits per heavy atom. The van der Waals surface area contributed by atoms with Crippen LogP contribution in [0.4, 0.5) is 5.69 Å². The first-order chi connectivity index (χ1) is 7.99. The molecule has 0 saturated heterocycles. The van der Waals surface area contributed by atoms with Gasteiger partial charge < -0.3 is 10.1 Å². The molecule has 1 aromatic rings. The first kappa shape index (κ1) is 10.9. The monoisotopic (exact) mass is 231 g/mol. The highest BCUT2D eigenvalue weighted by Gasteiger charge is 2.42. The Hall–Kier alpha value is -1.18. The average Bonchev–Trinajstić information content (AvgIpc) is 2.24. The highest BCUT2D eigenvalue weighted by Crippen LogP contribution is 2.44. The molecule has 92 valence electrons. The Labute approximate surface area is 103 Å². The Kier molecular flexibility index (Phi) is 2.19. The summed E-state index contributed by atoms with van der Waals surface area (Å²) in [6.07, 6.45) is 3.69. The normalized spacial score (nSPS) is 21.1. The third-order valence-electron chi connectivity index (χ3n) is 4.04. The van der Waals surface area contributed by atoms with E-state index in [1.54, 1.807) is 0 Å². The van der Waals surface area contributed by atoms with E-state index in [0.29, 0.717) is 0 Å². The summed E-state index contributed by atoms with van der Waals surface area (Å²) < 4.78 is 6.23. The van der Waals surface area contributed by atoms with Gasteiger partial charge in [0, 0.05) is 0 Å². The van der Waals surface area contributed by atoms with E-state index < -0.39 is 0 Å². The van der Waals surface area contributed by atoms with Crippen molar-refractivity contribution in [2.45, 2.75) is 51.0 Å². The summed E-state index contributed by atoms with van der Waals surface area (Å²) in [6.45, 7) is 7.69. The molecule has 0 unspecified atom stereocenters. The van der Waals surface area contributed by atoms with Crippen molar-refractivity contribution in [2.24, 2.45) is 0 Å². The van der Waals surface area contributed by atoms with Crippen LogP contribution >= 0.6 is 0 Å². The van der Waals surface area contributed by atoms with Gasteiger partial charge in [-0.15, -0.1) is 0 Å². The molecule has 2 aliphatic rings. The minimum Gasteiger partial charge on any atom is -0.483 e. The van der Waals surface area contributed by atoms with Gasteiger partial charge in [0.2, 0.25) is 0 Å². The molecule has 1 saturated carbocycles. The number of ether oxygens (including phenoxy) is 1. The van der Waals surface area contributed by atoms with Crippen molar-refractivity contribution >= 4 is 5.69 Å². The van der Waals surface area contributed by atoms with Gasteiger partial charge >= 0.3 is 0 Å². The van der Waals surface area contributed by atoms with Crippen LogP contribution in [-0.4, -0.2) is 12.1 Å². The Morgan fingerprint density at radius 3 is 2.59 bits per heavy atom. The zero-order valence-corrected chi connectivity index (χ0v) is 11.0. The summed E-state index contributed by atoms with van der Waals surface area (Å²) in [5.74, 6) is 1.04. The van der Waals surface area contributed by atoms with Crippen LogP contribution in [0.2, 0.25) is 0 Å². The van der Waals surface area contributed by atoms with Crippen LogP contribution in [0, 0.1) is 0 Å². The Bertz CT molecular complexity index is 441. The van der Waals surface area contributed by atoms with Gasteiger partial charge in [-0.2, -0.15) is 0 Å². The van der Waals surface area contributed by atoms with Gasteiger partial charge in [0.15, 0.2) is 0 Å². The van der Waals surface area contributed by atoms with Gasteiger partial charge in [-0.1, -0.05) is 26.8 Å². The highest BCUT2D eigenvalue weighted by molar-refractivity contribution is 5.60. The molecule has 1 heterocycles. The number of anilines is 1. The van der Waals surface area contributed by atoms with E-state index in [4.69, 9.17) is 4.74 Å². The quantitative estimate of drug-likeness (QED) is 0.735. The van der Waals surface area contributed by atoms with Crippen LogP contribution in [-0.2, 0) is 5.41 Å². The van der Waals surface area contributed by atoms with Gasteiger partial charge in [-0.05, 0) is 42.4 Å². The lowest BCUT2D eigenvalue weighted by Gasteiger charge is -2.45. The molecular formula is C15H21NO. The van der Waals surface area contributed by atoms with Crippen molar-refractivity contribution < 1.29 is 4.74 Å². The molecule has 0 amide bonds. The van der Waals surface area contributed by atoms with Crippen LogP contribution in [0.25, 0.3) is 0 Å². The summed E-state index contributed by atoms with van der Waals surface area (Å²) in [5, 5.41) is 3.51. The van der Waals surface area contributed by atoms with E-state index in [9.17, 15) is 0 Å². The largest absolute Gasteiger partial charge is 0.483 e. The van der Waals surface area contributed by atoms with Crippen molar-refractivity contribution in [3.63, 3.8) is 0 Å². The second-order valence-electron chi connectivity index (χ2n) is 6.45. The van der Waals surface area contributed by atoms with E-state index in [0.717, 1.165) is 18.0 Å². The lowest BCUT2D eigenvalue weighted by molar-refractivity contribution is 0.0000795. The van der Waals surface area contributed by atoms with Gasteiger partial charge in [-0.25, -0.2) is 0 Å². The third-order valence-corrected chi connectivity index (χ3v) is 4.04. The van der Waals surface area contributed by atoms with Crippen LogP contribution < -0.4 is 10.1 Å². The maximum atomic E-state index is 6.23. The van der Waals surface area contributed by atoms with Gasteiger partial charge in [0.05, 0.1) is 12.2 Å². The van der Waals surface area contributed by atoms with E-state index in [-0.39, 0.29) is 11.0 Å². The van der Waals surface area contributed by atoms with Crippen molar-refractivity contribution in [2.75, 3.05) is 11.9 Å². The predicted octanol–water partition coefficient (Wildman–Crippen LogP) is 3.71. The molecule has 1 spiro atoms. The number of benzene rings is 1. The first-order valence-corrected chi connectivity index (χ1v) is 6.56. The molecule has 2 heteroatoms. The number of hydrogen-bond acceptors (Lipinski definition) is 2. The first-order valence-electron chi connectivity index (χ1n) is 6.56. The fourth-order valence-electron chi connectivity index (χ4n) is 2.59. The van der Waals surface area contributed by atoms with Crippen molar-refractivity contribution in [1.82, 2.24) is 0 Å². The zero-order valence-electron chi connectivity index (χ0n) is 11.0. The van der Waals surface area contributed by atoms with E-state index in [1.165, 1.54) is 24.8 Å². The minimum absolute atomic E-state index is 0.101. The molecule has 1 N–H and O–H groups in total. The second kappa shape index (κ2) is 3.41. The highest BCUT2D eigenvalue weighted by atomic mass is 16.5. The van der Waals surface area contributed by atoms with Crippen LogP contribution in [0.5, 0.6) is 5.75 Å². The van der Waals surface area contributed by atoms with E-state index in [2.05, 4.69) is 44.3 Å². The lowest BCUT2D eigenvalue weighted by Crippen LogP contribution is -2.51. The maximum absolute atomic E-state index is 6.23. The molecule has 2 nitrogen and oxygen atoms in total. The molecule has 0 radical (unpaired) electrons. The van der Waals surface area contributed by atoms with Crippen molar-refractivity contribution in [1.29, 1.82) is 0 Å². The van der Waals surface area contributed by atoms with Crippen molar-refractivity contribution in [3.8, 4) is 5.75 Å². The van der Waals surface area contributed by atoms with Crippen LogP contribution in [0.15, 0.2) is 18.2 Å². The number of fused-ring (bicyclic) bond motifs is 1. The maximum Gasteiger partial charge on any atom is 0.143 e. The Morgan fingerprint density at radius 2 is 2.00 bits per heavy atom. The summed E-state index contributed by atoms with van der Waals surface area (Å²) in [4.78, 5) is 0. The molecule has 1 aromatic carbocycles. The lowest BCUT2D eigenvalue weighted by atomic mass is 9.79. The SMILES string of the molecule is CC(C)(C)c1ccc2c(c1)OC1(CCC1)CN2. The summed E-state index contributed by atoms with van der Waals surface area (Å²) in [5.41, 5.74) is 2.77. The molecule has 1 aliphatic heterocycles. The van der Waals surface area contributed by atoms with Crippen LogP contribution in [0.3, 0.4) is 0 Å². The number of rotatable bonds is 0. The third kappa shape index (κ3) is 1.80. The molecule has 17 heavy (non-hydrogen) atoms. The van der Waals surface area contributed by atoms with Gasteiger partial charge in [-0.3, -0.25) is 0 Å². The molecule has 1 fully saturated rings. The molecular weight excluding hydrogens is 210 g/mol. The van der Waals surface area contributed by atoms with E-state index in [1.807, 2.05) is 0 Å². The van der Waals surface area contributed by atoms with Gasteiger partial charge in [0.1, 0.15) is 11.4 Å². The number of hydrogen-bond donors (Lipinski definition) is 1. The smallest absolute Gasteiger partial charge is 0.143 e. The zero-order chi connectivity index (χ0) is 12.1. The van der Waals surface area contributed by atoms with Crippen molar-refractivity contribution in [3.05, 3.63) is 23.8 Å². The topological polar surface area (TPSA) is 21.3 Å². The summed E-state index contributed by atoms with van der Waals surface area (Å²) in [7, 11) is 0. The van der Waals surface area contributed by atoms with Gasteiger partial charge in [0.25, 0.3) is 0 Å². The fourth-order valence-corrected chi connectivity index (χ4v) is 2.59. The predicted molar refractivity (Wildman–Crippen MR) is 70.8 cm³/mol. The molecule has 0 aromatic heterocycles.